The van der Waals surface area contributed by atoms with Gasteiger partial charge in [0.25, 0.3) is 0 Å². The minimum atomic E-state index is 0.275. The van der Waals surface area contributed by atoms with Gasteiger partial charge in [0.2, 0.25) is 5.91 Å². The van der Waals surface area contributed by atoms with Gasteiger partial charge in [-0.1, -0.05) is 66.7 Å². The minimum absolute atomic E-state index is 0.275. The third-order valence-electron chi connectivity index (χ3n) is 6.38. The van der Waals surface area contributed by atoms with Crippen LogP contribution in [0.1, 0.15) is 29.5 Å². The van der Waals surface area contributed by atoms with E-state index in [4.69, 9.17) is 0 Å². The van der Waals surface area contributed by atoms with Gasteiger partial charge in [-0.25, -0.2) is 0 Å². The molecule has 2 aromatic carbocycles. The predicted molar refractivity (Wildman–Crippen MR) is 135 cm³/mol. The first-order chi connectivity index (χ1) is 16.2. The topological polar surface area (TPSA) is 51.2 Å². The van der Waals surface area contributed by atoms with Gasteiger partial charge in [-0.05, 0) is 23.1 Å². The van der Waals surface area contributed by atoms with Crippen molar-refractivity contribution in [3.8, 4) is 0 Å². The van der Waals surface area contributed by atoms with Gasteiger partial charge in [0.05, 0.1) is 0 Å². The number of amides is 1. The van der Waals surface area contributed by atoms with Crippen LogP contribution in [0, 0.1) is 0 Å². The second-order valence-corrected chi connectivity index (χ2v) is 8.74. The van der Waals surface area contributed by atoms with Crippen LogP contribution in [0.5, 0.6) is 0 Å². The van der Waals surface area contributed by atoms with Crippen molar-refractivity contribution in [3.63, 3.8) is 0 Å². The molecule has 1 amide bonds. The number of carbonyl (C=O) groups excluding carboxylic acids is 1. The van der Waals surface area contributed by atoms with Crippen LogP contribution in [0.25, 0.3) is 6.08 Å². The molecule has 0 spiro atoms. The van der Waals surface area contributed by atoms with Gasteiger partial charge in [0.15, 0.2) is 5.96 Å². The fourth-order valence-electron chi connectivity index (χ4n) is 4.41. The number of nitrogens with zero attached hydrogens (tertiary/aromatic N) is 4. The highest BCUT2D eigenvalue weighted by Crippen LogP contribution is 2.15. The molecular weight excluding hydrogens is 410 g/mol. The van der Waals surface area contributed by atoms with Crippen molar-refractivity contribution < 1.29 is 4.79 Å². The highest BCUT2D eigenvalue weighted by molar-refractivity contribution is 5.80. The van der Waals surface area contributed by atoms with Gasteiger partial charge in [-0.3, -0.25) is 14.7 Å². The van der Waals surface area contributed by atoms with Gasteiger partial charge in [0, 0.05) is 65.8 Å². The van der Waals surface area contributed by atoms with E-state index in [1.807, 2.05) is 18.0 Å². The van der Waals surface area contributed by atoms with Crippen LogP contribution in [0.3, 0.4) is 0 Å². The number of likely N-dealkylation sites (tertiary alicyclic amines) is 1. The summed E-state index contributed by atoms with van der Waals surface area (Å²) in [6.07, 6.45) is 6.13. The Labute approximate surface area is 197 Å². The van der Waals surface area contributed by atoms with E-state index in [2.05, 4.69) is 80.8 Å². The Morgan fingerprint density at radius 1 is 0.970 bits per heavy atom. The Bertz CT molecular complexity index is 946. The van der Waals surface area contributed by atoms with Gasteiger partial charge in [0.1, 0.15) is 0 Å². The van der Waals surface area contributed by atoms with E-state index in [9.17, 15) is 4.79 Å². The maximum atomic E-state index is 11.8. The Hall–Kier alpha value is -3.12. The van der Waals surface area contributed by atoms with Crippen molar-refractivity contribution in [3.05, 3.63) is 77.4 Å². The van der Waals surface area contributed by atoms with Crippen molar-refractivity contribution in [2.24, 2.45) is 4.99 Å². The molecule has 2 aromatic rings. The molecule has 0 aliphatic carbocycles. The summed E-state index contributed by atoms with van der Waals surface area (Å²) < 4.78 is 0. The minimum Gasteiger partial charge on any atom is -0.352 e. The molecule has 0 radical (unpaired) electrons. The summed E-state index contributed by atoms with van der Waals surface area (Å²) in [6, 6.07) is 19.0. The lowest BCUT2D eigenvalue weighted by atomic mass is 10.1. The van der Waals surface area contributed by atoms with Gasteiger partial charge >= 0.3 is 0 Å². The summed E-state index contributed by atoms with van der Waals surface area (Å²) in [4.78, 5) is 23.1. The van der Waals surface area contributed by atoms with Crippen LogP contribution >= 0.6 is 0 Å². The summed E-state index contributed by atoms with van der Waals surface area (Å²) in [5.74, 6) is 1.23. The maximum absolute atomic E-state index is 11.8. The highest BCUT2D eigenvalue weighted by atomic mass is 16.2. The average Bonchev–Trinajstić information content (AvgIpc) is 3.26. The standard InChI is InChI=1S/C27H35N5O/c1-28-27(29-21-24-11-13-25(14-12-24)22-32-16-6-10-26(32)33)31-19-17-30(18-20-31)15-5-9-23-7-3-2-4-8-23/h2-5,7-9,11-14H,6,10,15-22H2,1H3,(H,28,29)/b9-5+. The highest BCUT2D eigenvalue weighted by Gasteiger charge is 2.20. The second kappa shape index (κ2) is 11.7. The molecule has 6 nitrogen and oxygen atoms in total. The molecule has 0 bridgehead atoms. The lowest BCUT2D eigenvalue weighted by Crippen LogP contribution is -2.52. The molecule has 174 valence electrons. The van der Waals surface area contributed by atoms with Crippen LogP contribution in [0.15, 0.2) is 65.7 Å². The third kappa shape index (κ3) is 6.68. The lowest BCUT2D eigenvalue weighted by Gasteiger charge is -2.36. The summed E-state index contributed by atoms with van der Waals surface area (Å²) in [5.41, 5.74) is 3.66. The van der Waals surface area contributed by atoms with Crippen molar-refractivity contribution in [2.75, 3.05) is 46.3 Å². The Morgan fingerprint density at radius 2 is 1.70 bits per heavy atom. The summed E-state index contributed by atoms with van der Waals surface area (Å²) in [5, 5.41) is 3.51. The molecule has 2 fully saturated rings. The number of hydrogen-bond donors (Lipinski definition) is 1. The second-order valence-electron chi connectivity index (χ2n) is 8.74. The molecule has 0 unspecified atom stereocenters. The number of carbonyl (C=O) groups is 1. The number of benzene rings is 2. The van der Waals surface area contributed by atoms with Gasteiger partial charge in [-0.2, -0.15) is 0 Å². The van der Waals surface area contributed by atoms with Crippen molar-refractivity contribution >= 4 is 17.9 Å². The zero-order valence-corrected chi connectivity index (χ0v) is 19.6. The third-order valence-corrected chi connectivity index (χ3v) is 6.38. The zero-order chi connectivity index (χ0) is 22.9. The number of nitrogens with one attached hydrogen (secondary N) is 1. The number of guanidine groups is 1. The number of rotatable bonds is 7. The van der Waals surface area contributed by atoms with Crippen LogP contribution < -0.4 is 5.32 Å². The molecule has 0 atom stereocenters. The van der Waals surface area contributed by atoms with Crippen LogP contribution in [0.2, 0.25) is 0 Å². The molecule has 6 heteroatoms. The molecule has 0 saturated carbocycles. The Balaban J connectivity index is 1.19. The van der Waals surface area contributed by atoms with E-state index in [0.29, 0.717) is 6.42 Å². The molecule has 2 aliphatic heterocycles. The fourth-order valence-corrected chi connectivity index (χ4v) is 4.41. The average molecular weight is 446 g/mol. The van der Waals surface area contributed by atoms with Crippen molar-refractivity contribution in [2.45, 2.75) is 25.9 Å². The number of aliphatic imine (C=N–C) groups is 1. The first-order valence-electron chi connectivity index (χ1n) is 12.0. The van der Waals surface area contributed by atoms with E-state index in [1.54, 1.807) is 0 Å². The molecule has 1 N–H and O–H groups in total. The molecule has 2 heterocycles. The maximum Gasteiger partial charge on any atom is 0.222 e. The summed E-state index contributed by atoms with van der Waals surface area (Å²) >= 11 is 0. The van der Waals surface area contributed by atoms with E-state index in [1.165, 1.54) is 16.7 Å². The monoisotopic (exact) mass is 445 g/mol. The summed E-state index contributed by atoms with van der Waals surface area (Å²) in [6.45, 7) is 7.34. The van der Waals surface area contributed by atoms with Crippen molar-refractivity contribution in [1.82, 2.24) is 20.0 Å². The van der Waals surface area contributed by atoms with E-state index < -0.39 is 0 Å². The normalized spacial score (nSPS) is 17.8. The van der Waals surface area contributed by atoms with Crippen LogP contribution in [-0.4, -0.2) is 72.9 Å². The SMILES string of the molecule is CN=C(NCc1ccc(CN2CCCC2=O)cc1)N1CCN(C/C=C/c2ccccc2)CC1. The van der Waals surface area contributed by atoms with E-state index >= 15 is 0 Å². The van der Waals surface area contributed by atoms with Crippen molar-refractivity contribution in [1.29, 1.82) is 0 Å². The molecule has 2 saturated heterocycles. The largest absolute Gasteiger partial charge is 0.352 e. The molecule has 4 rings (SSSR count). The lowest BCUT2D eigenvalue weighted by molar-refractivity contribution is -0.128. The molecule has 2 aliphatic rings. The number of piperazine rings is 1. The Morgan fingerprint density at radius 3 is 2.36 bits per heavy atom. The first-order valence-corrected chi connectivity index (χ1v) is 12.0. The van der Waals surface area contributed by atoms with E-state index in [0.717, 1.165) is 64.7 Å². The number of hydrogen-bond acceptors (Lipinski definition) is 3. The predicted octanol–water partition coefficient (Wildman–Crippen LogP) is 3.22. The molecular formula is C27H35N5O. The van der Waals surface area contributed by atoms with Gasteiger partial charge in [-0.15, -0.1) is 0 Å². The zero-order valence-electron chi connectivity index (χ0n) is 19.6. The van der Waals surface area contributed by atoms with E-state index in [-0.39, 0.29) is 5.91 Å². The summed E-state index contributed by atoms with van der Waals surface area (Å²) in [7, 11) is 1.85. The first kappa shape index (κ1) is 23.1. The smallest absolute Gasteiger partial charge is 0.222 e. The molecule has 0 aromatic heterocycles. The molecule has 33 heavy (non-hydrogen) atoms. The fraction of sp³-hybridized carbons (Fsp3) is 0.407. The quantitative estimate of drug-likeness (QED) is 0.525. The van der Waals surface area contributed by atoms with Crippen LogP contribution in [0.4, 0.5) is 0 Å². The Kier molecular flexibility index (Phi) is 8.14. The van der Waals surface area contributed by atoms with Gasteiger partial charge < -0.3 is 15.1 Å². The van der Waals surface area contributed by atoms with Crippen LogP contribution in [-0.2, 0) is 17.9 Å².